The molecule has 0 atom stereocenters. The fourth-order valence-electron chi connectivity index (χ4n) is 0. The second kappa shape index (κ2) is 8.89. The molecule has 52 valence electrons. The number of hydrogen-bond donors (Lipinski definition) is 0. The van der Waals surface area contributed by atoms with Gasteiger partial charge < -0.3 is 4.74 Å². The SMILES string of the molecule is COC.[I][Pb]([I])([I])[I]. The molecule has 0 aliphatic rings. The molecule has 1 nitrogen and oxygen atoms in total. The van der Waals surface area contributed by atoms with Crippen molar-refractivity contribution in [1.82, 2.24) is 0 Å². The summed E-state index contributed by atoms with van der Waals surface area (Å²) < 4.78 is 2.85. The third kappa shape index (κ3) is 52.5. The van der Waals surface area contributed by atoms with Gasteiger partial charge >= 0.3 is 75.0 Å². The Morgan fingerprint density at radius 2 is 1.00 bits per heavy atom. The first-order valence-electron chi connectivity index (χ1n) is 1.57. The quantitative estimate of drug-likeness (QED) is 0.272. The van der Waals surface area contributed by atoms with Crippen molar-refractivity contribution in [3.8, 4) is 0 Å². The van der Waals surface area contributed by atoms with Crippen LogP contribution in [0, 0.1) is 0 Å². The second-order valence-corrected chi connectivity index (χ2v) is 170. The molecule has 0 rings (SSSR count). The molecule has 6 heteroatoms. The molecule has 0 heterocycles. The Morgan fingerprint density at radius 3 is 1.00 bits per heavy atom. The Balaban J connectivity index is 0. The molecule has 0 bridgehead atoms. The standard InChI is InChI=1S/C2H6O.4HI.Pb/c1-3-2;;;;;/h1-2H3;4*1H;/q;;;;;+4/p-4. The summed E-state index contributed by atoms with van der Waals surface area (Å²) in [5.74, 6) is 0. The van der Waals surface area contributed by atoms with Crippen LogP contribution in [0.3, 0.4) is 0 Å². The van der Waals surface area contributed by atoms with Gasteiger partial charge in [0.25, 0.3) is 0 Å². The van der Waals surface area contributed by atoms with Gasteiger partial charge in [0.05, 0.1) is 0 Å². The molecule has 0 aliphatic heterocycles. The van der Waals surface area contributed by atoms with Gasteiger partial charge in [-0.05, 0) is 0 Å². The van der Waals surface area contributed by atoms with Crippen LogP contribution in [-0.4, -0.2) is 18.2 Å². The third-order valence-electron chi connectivity index (χ3n) is 0. The summed E-state index contributed by atoms with van der Waals surface area (Å²) in [6.07, 6.45) is 0. The van der Waals surface area contributed by atoms with E-state index in [-0.39, 0.29) is 0 Å². The van der Waals surface area contributed by atoms with Gasteiger partial charge in [-0.2, -0.15) is 0 Å². The van der Waals surface area contributed by atoms with Crippen molar-refractivity contribution in [1.29, 1.82) is 0 Å². The van der Waals surface area contributed by atoms with Gasteiger partial charge in [0.2, 0.25) is 0 Å². The Kier molecular flexibility index (Phi) is 15.9. The van der Waals surface area contributed by atoms with Crippen molar-refractivity contribution in [2.45, 2.75) is 0 Å². The van der Waals surface area contributed by atoms with E-state index in [1.165, 1.54) is 0 Å². The molecule has 0 aliphatic carbocycles. The van der Waals surface area contributed by atoms with Crippen LogP contribution in [0.2, 0.25) is 0 Å². The van der Waals surface area contributed by atoms with Gasteiger partial charge in [0.15, 0.2) is 0 Å². The predicted octanol–water partition coefficient (Wildman–Crippen LogP) is 3.42. The van der Waals surface area contributed by atoms with Gasteiger partial charge in [0, 0.05) is 14.2 Å². The topological polar surface area (TPSA) is 9.23 Å². The molecular formula is C2H6I4OPb. The molecule has 0 unspecified atom stereocenters. The summed E-state index contributed by atoms with van der Waals surface area (Å²) in [5.41, 5.74) is 0. The van der Waals surface area contributed by atoms with Crippen molar-refractivity contribution in [3.05, 3.63) is 0 Å². The van der Waals surface area contributed by atoms with Gasteiger partial charge in [-0.15, -0.1) is 0 Å². The zero-order valence-corrected chi connectivity index (χ0v) is 16.9. The van der Waals surface area contributed by atoms with Crippen LogP contribution < -0.4 is 0 Å². The molecule has 0 aromatic rings. The molecule has 0 saturated carbocycles. The van der Waals surface area contributed by atoms with Gasteiger partial charge in [-0.1, -0.05) is 0 Å². The zero-order chi connectivity index (χ0) is 7.21. The van der Waals surface area contributed by atoms with E-state index >= 15 is 0 Å². The van der Waals surface area contributed by atoms with Crippen LogP contribution >= 0.6 is 71.0 Å². The average Bonchev–Trinajstić information content (AvgIpc) is 1.27. The van der Waals surface area contributed by atoms with E-state index in [0.29, 0.717) is 0 Å². The number of halogens is 4. The van der Waals surface area contributed by atoms with Crippen molar-refractivity contribution in [3.63, 3.8) is 0 Å². The van der Waals surface area contributed by atoms with Crippen LogP contribution in [-0.2, 0) is 4.74 Å². The Labute approximate surface area is 90.9 Å². The number of rotatable bonds is 0. The molecule has 8 heavy (non-hydrogen) atoms. The minimum atomic E-state index is -1.40. The van der Waals surface area contributed by atoms with Gasteiger partial charge in [-0.25, -0.2) is 0 Å². The molecule has 0 N–H and O–H groups in total. The summed E-state index contributed by atoms with van der Waals surface area (Å²) in [4.78, 5) is 0. The Bertz CT molecular complexity index is 37.8. The number of hydrogen-bond acceptors (Lipinski definition) is 1. The Morgan fingerprint density at radius 1 is 1.00 bits per heavy atom. The van der Waals surface area contributed by atoms with Crippen LogP contribution in [0.15, 0.2) is 0 Å². The van der Waals surface area contributed by atoms with E-state index in [1.807, 2.05) is 0 Å². The van der Waals surface area contributed by atoms with E-state index in [4.69, 9.17) is 0 Å². The fourth-order valence-corrected chi connectivity index (χ4v) is 0. The molecule has 0 aromatic carbocycles. The molecule has 0 radical (unpaired) electrons. The van der Waals surface area contributed by atoms with Crippen molar-refractivity contribution in [2.24, 2.45) is 0 Å². The molecule has 0 fully saturated rings. The first kappa shape index (κ1) is 14.3. The maximum atomic E-state index is 4.25. The van der Waals surface area contributed by atoms with Crippen LogP contribution in [0.4, 0.5) is 0 Å². The fraction of sp³-hybridized carbons (Fsp3) is 1.00. The van der Waals surface area contributed by atoms with Crippen LogP contribution in [0.1, 0.15) is 0 Å². The molecule has 0 spiro atoms. The van der Waals surface area contributed by atoms with Crippen LogP contribution in [0.5, 0.6) is 0 Å². The van der Waals surface area contributed by atoms with Crippen molar-refractivity contribution < 1.29 is 4.74 Å². The van der Waals surface area contributed by atoms with Crippen molar-refractivity contribution in [2.75, 3.05) is 14.2 Å². The molecular weight excluding hydrogens is 755 g/mol. The average molecular weight is 761 g/mol. The normalized spacial score (nSPS) is 9.75. The number of ether oxygens (including phenoxy) is 1. The monoisotopic (exact) mass is 762 g/mol. The molecule has 0 saturated heterocycles. The first-order chi connectivity index (χ1) is 3.41. The summed E-state index contributed by atoms with van der Waals surface area (Å²) >= 11 is 10.2. The van der Waals surface area contributed by atoms with E-state index < -0.39 is 4.00 Å². The van der Waals surface area contributed by atoms with Crippen LogP contribution in [0.25, 0.3) is 0 Å². The van der Waals surface area contributed by atoms with E-state index in [0.717, 1.165) is 0 Å². The minimum absolute atomic E-state index is 1.40. The first-order valence-corrected chi connectivity index (χ1v) is 45.3. The summed E-state index contributed by atoms with van der Waals surface area (Å²) in [7, 11) is 3.25. The molecule has 0 aromatic heterocycles. The number of methoxy groups -OCH3 is 1. The predicted molar refractivity (Wildman–Crippen MR) is 74.8 cm³/mol. The maximum absolute atomic E-state index is 4.25. The van der Waals surface area contributed by atoms with Gasteiger partial charge in [0.1, 0.15) is 0 Å². The van der Waals surface area contributed by atoms with E-state index in [1.54, 1.807) is 14.2 Å². The molecule has 0 amide bonds. The second-order valence-electron chi connectivity index (χ2n) is 0.837. The summed E-state index contributed by atoms with van der Waals surface area (Å²) in [6, 6.07) is 0. The third-order valence-corrected chi connectivity index (χ3v) is 0. The summed E-state index contributed by atoms with van der Waals surface area (Å²) in [6.45, 7) is 0. The van der Waals surface area contributed by atoms with E-state index in [2.05, 4.69) is 75.8 Å². The Hall–Kier alpha value is 3.80. The van der Waals surface area contributed by atoms with Gasteiger partial charge in [-0.3, -0.25) is 0 Å². The van der Waals surface area contributed by atoms with E-state index in [9.17, 15) is 0 Å². The van der Waals surface area contributed by atoms with Crippen molar-refractivity contribution >= 4 is 75.0 Å². The summed E-state index contributed by atoms with van der Waals surface area (Å²) in [5, 5.41) is 0. The zero-order valence-electron chi connectivity index (χ0n) is 4.42.